The van der Waals surface area contributed by atoms with E-state index in [1.54, 1.807) is 6.08 Å². The molecule has 0 radical (unpaired) electrons. The Balaban J connectivity index is 2.65. The number of rotatable bonds is 4. The van der Waals surface area contributed by atoms with Gasteiger partial charge in [-0.3, -0.25) is 4.79 Å². The van der Waals surface area contributed by atoms with Crippen molar-refractivity contribution in [3.8, 4) is 0 Å². The lowest BCUT2D eigenvalue weighted by Crippen LogP contribution is -2.05. The van der Waals surface area contributed by atoms with Gasteiger partial charge in [-0.2, -0.15) is 13.2 Å². The number of alkyl halides is 3. The normalized spacial score (nSPS) is 12.1. The molecule has 0 amide bonds. The predicted molar refractivity (Wildman–Crippen MR) is 68.2 cm³/mol. The fraction of sp³-hybridized carbons (Fsp3) is 0.308. The third kappa shape index (κ3) is 5.46. The minimum Gasteiger partial charge on any atom is -0.288 e. The molecule has 0 saturated carbocycles. The largest absolute Gasteiger partial charge is 0.416 e. The van der Waals surface area contributed by atoms with E-state index in [-0.39, 0.29) is 10.7 Å². The molecular formula is C13H12F4OS. The van der Waals surface area contributed by atoms with Gasteiger partial charge in [0.15, 0.2) is 5.12 Å². The van der Waals surface area contributed by atoms with Crippen LogP contribution < -0.4 is 0 Å². The highest BCUT2D eigenvalue weighted by Crippen LogP contribution is 2.30. The van der Waals surface area contributed by atoms with Gasteiger partial charge in [-0.05, 0) is 18.6 Å². The topological polar surface area (TPSA) is 17.1 Å². The molecule has 6 heteroatoms. The van der Waals surface area contributed by atoms with Gasteiger partial charge in [0.05, 0.1) is 5.56 Å². The second-order valence-corrected chi connectivity index (χ2v) is 5.04. The summed E-state index contributed by atoms with van der Waals surface area (Å²) >= 11 is 1.14. The number of halogens is 4. The van der Waals surface area contributed by atoms with Gasteiger partial charge < -0.3 is 0 Å². The van der Waals surface area contributed by atoms with Crippen LogP contribution in [0.3, 0.4) is 0 Å². The third-order valence-electron chi connectivity index (χ3n) is 2.22. The fourth-order valence-electron chi connectivity index (χ4n) is 1.32. The molecule has 0 aliphatic heterocycles. The number of benzene rings is 1. The number of allylic oxidation sites excluding steroid dienone is 1. The van der Waals surface area contributed by atoms with Gasteiger partial charge in [-0.1, -0.05) is 30.0 Å². The van der Waals surface area contributed by atoms with Crippen molar-refractivity contribution >= 4 is 23.0 Å². The highest BCUT2D eigenvalue weighted by Gasteiger charge is 2.30. The molecule has 1 nitrogen and oxygen atoms in total. The fourth-order valence-corrected chi connectivity index (χ4v) is 1.86. The highest BCUT2D eigenvalue weighted by molar-refractivity contribution is 8.13. The molecule has 0 saturated heterocycles. The van der Waals surface area contributed by atoms with Gasteiger partial charge in [0.2, 0.25) is 0 Å². The first-order valence-corrected chi connectivity index (χ1v) is 6.46. The zero-order valence-corrected chi connectivity index (χ0v) is 10.9. The summed E-state index contributed by atoms with van der Waals surface area (Å²) in [6.45, 7) is 1.45. The van der Waals surface area contributed by atoms with Crippen LogP contribution in [0.15, 0.2) is 24.3 Å². The summed E-state index contributed by atoms with van der Waals surface area (Å²) in [4.78, 5) is 10.6. The maximum atomic E-state index is 13.4. The van der Waals surface area contributed by atoms with E-state index >= 15 is 0 Å². The molecule has 0 aliphatic carbocycles. The summed E-state index contributed by atoms with van der Waals surface area (Å²) in [6, 6.07) is 2.41. The second-order valence-electron chi connectivity index (χ2n) is 3.77. The van der Waals surface area contributed by atoms with Gasteiger partial charge >= 0.3 is 6.18 Å². The van der Waals surface area contributed by atoms with Gasteiger partial charge in [0.1, 0.15) is 5.82 Å². The first-order valence-electron chi connectivity index (χ1n) is 5.47. The van der Waals surface area contributed by atoms with E-state index in [1.165, 1.54) is 13.0 Å². The molecule has 19 heavy (non-hydrogen) atoms. The number of carbonyl (C=O) groups excluding carboxylic acids is 1. The van der Waals surface area contributed by atoms with Crippen LogP contribution in [0.2, 0.25) is 0 Å². The number of hydrogen-bond donors (Lipinski definition) is 0. The number of carbonyl (C=O) groups is 1. The Morgan fingerprint density at radius 2 is 2.05 bits per heavy atom. The first kappa shape index (κ1) is 15.8. The Kier molecular flexibility index (Phi) is 5.60. The Labute approximate surface area is 112 Å². The summed E-state index contributed by atoms with van der Waals surface area (Å²) in [7, 11) is 0. The lowest BCUT2D eigenvalue weighted by molar-refractivity contribution is -0.137. The maximum Gasteiger partial charge on any atom is 0.416 e. The van der Waals surface area contributed by atoms with Gasteiger partial charge in [-0.25, -0.2) is 4.39 Å². The summed E-state index contributed by atoms with van der Waals surface area (Å²) in [5.74, 6) is -0.348. The molecule has 1 rings (SSSR count). The predicted octanol–water partition coefficient (Wildman–Crippen LogP) is 4.53. The minimum absolute atomic E-state index is 0.00545. The molecule has 0 heterocycles. The lowest BCUT2D eigenvalue weighted by Gasteiger charge is -2.07. The van der Waals surface area contributed by atoms with Crippen molar-refractivity contribution in [1.29, 1.82) is 0 Å². The third-order valence-corrected chi connectivity index (χ3v) is 3.06. The molecule has 0 aliphatic rings. The molecule has 1 aromatic carbocycles. The zero-order chi connectivity index (χ0) is 14.5. The van der Waals surface area contributed by atoms with Crippen molar-refractivity contribution in [3.05, 3.63) is 41.2 Å². The average molecular weight is 292 g/mol. The van der Waals surface area contributed by atoms with Crippen LogP contribution in [-0.2, 0) is 11.0 Å². The quantitative estimate of drug-likeness (QED) is 0.599. The second kappa shape index (κ2) is 6.75. The van der Waals surface area contributed by atoms with Crippen molar-refractivity contribution in [3.63, 3.8) is 0 Å². The van der Waals surface area contributed by atoms with Gasteiger partial charge in [0, 0.05) is 18.2 Å². The summed E-state index contributed by atoms with van der Waals surface area (Å²) in [5.41, 5.74) is -0.907. The van der Waals surface area contributed by atoms with Gasteiger partial charge in [0.25, 0.3) is 0 Å². The Morgan fingerprint density at radius 1 is 1.37 bits per heavy atom. The van der Waals surface area contributed by atoms with Crippen LogP contribution in [0.4, 0.5) is 17.6 Å². The van der Waals surface area contributed by atoms with Crippen LogP contribution in [0.1, 0.15) is 24.5 Å². The SMILES string of the molecule is CC(=O)SCCC=Cc1ccc(C(F)(F)F)cc1F. The molecule has 0 N–H and O–H groups in total. The van der Waals surface area contributed by atoms with Crippen LogP contribution >= 0.6 is 11.8 Å². The summed E-state index contributed by atoms with van der Waals surface area (Å²) < 4.78 is 50.3. The van der Waals surface area contributed by atoms with Crippen molar-refractivity contribution in [2.24, 2.45) is 0 Å². The minimum atomic E-state index is -4.54. The highest BCUT2D eigenvalue weighted by atomic mass is 32.2. The Hall–Kier alpha value is -1.30. The van der Waals surface area contributed by atoms with E-state index in [1.807, 2.05) is 0 Å². The van der Waals surface area contributed by atoms with E-state index < -0.39 is 17.6 Å². The molecule has 0 unspecified atom stereocenters. The van der Waals surface area contributed by atoms with E-state index in [9.17, 15) is 22.4 Å². The van der Waals surface area contributed by atoms with Crippen LogP contribution in [0.25, 0.3) is 6.08 Å². The number of thioether (sulfide) groups is 1. The molecule has 0 atom stereocenters. The summed E-state index contributed by atoms with van der Waals surface area (Å²) in [6.07, 6.45) is -0.955. The Morgan fingerprint density at radius 3 is 2.58 bits per heavy atom. The molecule has 104 valence electrons. The van der Waals surface area contributed by atoms with Crippen molar-refractivity contribution < 1.29 is 22.4 Å². The molecule has 0 spiro atoms. The van der Waals surface area contributed by atoms with Crippen LogP contribution in [0, 0.1) is 5.82 Å². The molecule has 0 fully saturated rings. The summed E-state index contributed by atoms with van der Waals surface area (Å²) in [5, 5.41) is -0.00545. The van der Waals surface area contributed by atoms with Gasteiger partial charge in [-0.15, -0.1) is 0 Å². The van der Waals surface area contributed by atoms with E-state index in [0.717, 1.165) is 23.9 Å². The van der Waals surface area contributed by atoms with Crippen LogP contribution in [0.5, 0.6) is 0 Å². The Bertz CT molecular complexity index is 480. The average Bonchev–Trinajstić information content (AvgIpc) is 2.28. The van der Waals surface area contributed by atoms with E-state index in [2.05, 4.69) is 0 Å². The van der Waals surface area contributed by atoms with Crippen molar-refractivity contribution in [2.45, 2.75) is 19.5 Å². The molecule has 0 aromatic heterocycles. The van der Waals surface area contributed by atoms with E-state index in [4.69, 9.17) is 0 Å². The lowest BCUT2D eigenvalue weighted by atomic mass is 10.1. The van der Waals surface area contributed by atoms with Crippen LogP contribution in [-0.4, -0.2) is 10.9 Å². The smallest absolute Gasteiger partial charge is 0.288 e. The monoisotopic (exact) mass is 292 g/mol. The van der Waals surface area contributed by atoms with E-state index in [0.29, 0.717) is 18.2 Å². The molecule has 1 aromatic rings. The standard InChI is InChI=1S/C13H12F4OS/c1-9(18)19-7-3-2-4-10-5-6-11(8-12(10)14)13(15,16)17/h2,4-6,8H,3,7H2,1H3. The zero-order valence-electron chi connectivity index (χ0n) is 10.1. The maximum absolute atomic E-state index is 13.4. The molecular weight excluding hydrogens is 280 g/mol. The van der Waals surface area contributed by atoms with Crippen molar-refractivity contribution in [1.82, 2.24) is 0 Å². The first-order chi connectivity index (χ1) is 8.80. The molecule has 0 bridgehead atoms. The number of hydrogen-bond acceptors (Lipinski definition) is 2. The van der Waals surface area contributed by atoms with Crippen molar-refractivity contribution in [2.75, 3.05) is 5.75 Å².